The summed E-state index contributed by atoms with van der Waals surface area (Å²) in [5, 5.41) is 11.1. The van der Waals surface area contributed by atoms with Crippen molar-refractivity contribution in [1.82, 2.24) is 14.5 Å². The highest BCUT2D eigenvalue weighted by molar-refractivity contribution is 5.81. The second-order valence-corrected chi connectivity index (χ2v) is 10.5. The van der Waals surface area contributed by atoms with Crippen LogP contribution in [0.2, 0.25) is 0 Å². The van der Waals surface area contributed by atoms with Gasteiger partial charge in [-0.3, -0.25) is 4.79 Å². The fourth-order valence-electron chi connectivity index (χ4n) is 5.88. The number of aliphatic hydroxyl groups is 1. The zero-order chi connectivity index (χ0) is 20.4. The molecule has 0 bridgehead atoms. The van der Waals surface area contributed by atoms with Gasteiger partial charge in [-0.2, -0.15) is 0 Å². The molecule has 0 radical (unpaired) electrons. The van der Waals surface area contributed by atoms with Crippen molar-refractivity contribution in [2.24, 2.45) is 11.3 Å². The molecule has 0 aromatic carbocycles. The van der Waals surface area contributed by atoms with E-state index in [1.807, 2.05) is 11.8 Å². The number of amides is 1. The van der Waals surface area contributed by atoms with Crippen LogP contribution in [0.1, 0.15) is 76.9 Å². The average Bonchev–Trinajstić information content (AvgIpc) is 3.07. The Hall–Kier alpha value is -1.88. The predicted molar refractivity (Wildman–Crippen MR) is 114 cm³/mol. The third-order valence-corrected chi connectivity index (χ3v) is 7.69. The van der Waals surface area contributed by atoms with E-state index >= 15 is 0 Å². The van der Waals surface area contributed by atoms with E-state index < -0.39 is 5.60 Å². The lowest BCUT2D eigenvalue weighted by molar-refractivity contribution is -0.163. The lowest BCUT2D eigenvalue weighted by atomic mass is 9.64. The summed E-state index contributed by atoms with van der Waals surface area (Å²) in [6, 6.07) is 7.01. The zero-order valence-corrected chi connectivity index (χ0v) is 17.9. The van der Waals surface area contributed by atoms with Gasteiger partial charge in [-0.05, 0) is 77.5 Å². The van der Waals surface area contributed by atoms with E-state index in [9.17, 15) is 9.90 Å². The molecule has 2 aromatic rings. The Balaban J connectivity index is 1.20. The fourth-order valence-corrected chi connectivity index (χ4v) is 5.88. The lowest BCUT2D eigenvalue weighted by Crippen LogP contribution is -2.62. The molecular formula is C24H33N3O2. The monoisotopic (exact) mass is 395 g/mol. The molecule has 5 heteroatoms. The van der Waals surface area contributed by atoms with Gasteiger partial charge in [-0.15, -0.1) is 0 Å². The zero-order valence-electron chi connectivity index (χ0n) is 17.9. The number of hydrogen-bond donors (Lipinski definition) is 1. The Morgan fingerprint density at radius 3 is 2.48 bits per heavy atom. The minimum absolute atomic E-state index is 0.0480. The van der Waals surface area contributed by atoms with Crippen molar-refractivity contribution in [2.75, 3.05) is 13.1 Å². The minimum Gasteiger partial charge on any atom is -0.390 e. The van der Waals surface area contributed by atoms with Gasteiger partial charge in [-0.25, -0.2) is 4.98 Å². The number of fused-ring (bicyclic) bond motifs is 1. The maximum Gasteiger partial charge on any atom is 0.225 e. The second kappa shape index (κ2) is 6.56. The van der Waals surface area contributed by atoms with Gasteiger partial charge in [0, 0.05) is 53.7 Å². The van der Waals surface area contributed by atoms with E-state index in [2.05, 4.69) is 42.8 Å². The number of carbonyl (C=O) groups excluding carboxylic acids is 1. The first-order valence-corrected chi connectivity index (χ1v) is 11.2. The molecule has 3 aliphatic rings. The van der Waals surface area contributed by atoms with E-state index in [-0.39, 0.29) is 11.8 Å². The molecule has 2 aromatic heterocycles. The first-order valence-electron chi connectivity index (χ1n) is 11.2. The van der Waals surface area contributed by atoms with Crippen molar-refractivity contribution in [3.63, 3.8) is 0 Å². The van der Waals surface area contributed by atoms with Crippen molar-refractivity contribution >= 4 is 16.9 Å². The number of rotatable bonds is 3. The molecule has 1 aliphatic heterocycles. The Morgan fingerprint density at radius 1 is 1.17 bits per heavy atom. The summed E-state index contributed by atoms with van der Waals surface area (Å²) in [5.41, 5.74) is 2.05. The van der Waals surface area contributed by atoms with Crippen LogP contribution in [0.4, 0.5) is 0 Å². The van der Waals surface area contributed by atoms with Crippen LogP contribution in [0, 0.1) is 11.3 Å². The second-order valence-electron chi connectivity index (χ2n) is 10.5. The van der Waals surface area contributed by atoms with Crippen molar-refractivity contribution in [3.8, 4) is 0 Å². The molecule has 2 saturated carbocycles. The molecule has 0 unspecified atom stereocenters. The SMILES string of the molecule is CC(C)n1ccc2ccc(C3CCC4(CC3)CN(C(=O)C3CC(C)(O)C3)C4)nc21. The highest BCUT2D eigenvalue weighted by Crippen LogP contribution is 2.49. The summed E-state index contributed by atoms with van der Waals surface area (Å²) < 4.78 is 2.26. The van der Waals surface area contributed by atoms with Gasteiger partial charge in [0.2, 0.25) is 5.91 Å². The van der Waals surface area contributed by atoms with E-state index in [1.165, 1.54) is 36.8 Å². The minimum atomic E-state index is -0.621. The highest BCUT2D eigenvalue weighted by Gasteiger charge is 2.51. The molecular weight excluding hydrogens is 362 g/mol. The number of aromatic nitrogens is 2. The van der Waals surface area contributed by atoms with Gasteiger partial charge in [0.25, 0.3) is 0 Å². The van der Waals surface area contributed by atoms with Crippen molar-refractivity contribution < 1.29 is 9.90 Å². The molecule has 3 heterocycles. The molecule has 1 N–H and O–H groups in total. The van der Waals surface area contributed by atoms with Crippen LogP contribution in [0.25, 0.3) is 11.0 Å². The van der Waals surface area contributed by atoms with Gasteiger partial charge < -0.3 is 14.6 Å². The van der Waals surface area contributed by atoms with Crippen molar-refractivity contribution in [3.05, 3.63) is 30.1 Å². The van der Waals surface area contributed by atoms with Crippen LogP contribution in [0.15, 0.2) is 24.4 Å². The molecule has 5 nitrogen and oxygen atoms in total. The molecule has 5 rings (SSSR count). The summed E-state index contributed by atoms with van der Waals surface area (Å²) in [5.74, 6) is 0.852. The molecule has 29 heavy (non-hydrogen) atoms. The molecule has 1 amide bonds. The number of carbonyl (C=O) groups is 1. The first-order chi connectivity index (χ1) is 13.8. The predicted octanol–water partition coefficient (Wildman–Crippen LogP) is 4.26. The molecule has 3 fully saturated rings. The normalized spacial score (nSPS) is 29.3. The van der Waals surface area contributed by atoms with Gasteiger partial charge in [0.15, 0.2) is 0 Å². The molecule has 2 aliphatic carbocycles. The van der Waals surface area contributed by atoms with Crippen molar-refractivity contribution in [2.45, 2.75) is 76.9 Å². The summed E-state index contributed by atoms with van der Waals surface area (Å²) in [6.45, 7) is 8.07. The number of likely N-dealkylation sites (tertiary alicyclic amines) is 1. The van der Waals surface area contributed by atoms with Gasteiger partial charge in [0.1, 0.15) is 5.65 Å². The highest BCUT2D eigenvalue weighted by atomic mass is 16.3. The molecule has 0 atom stereocenters. The molecule has 156 valence electrons. The first kappa shape index (κ1) is 19.1. The Kier molecular flexibility index (Phi) is 4.32. The van der Waals surface area contributed by atoms with Crippen LogP contribution in [0.3, 0.4) is 0 Å². The number of pyridine rings is 1. The summed E-state index contributed by atoms with van der Waals surface area (Å²) in [6.07, 6.45) is 8.11. The Morgan fingerprint density at radius 2 is 1.86 bits per heavy atom. The standard InChI is InChI=1S/C24H33N3O2/c1-16(2)27-11-8-18-4-5-20(25-21(18)27)17-6-9-24(10-7-17)14-26(15-24)22(28)19-12-23(3,29)13-19/h4-5,8,11,16-17,19,29H,6-7,9-10,12-15H2,1-3H3. The fraction of sp³-hybridized carbons (Fsp3) is 0.667. The summed E-state index contributed by atoms with van der Waals surface area (Å²) >= 11 is 0. The van der Waals surface area contributed by atoms with Crippen LogP contribution in [-0.4, -0.2) is 44.2 Å². The van der Waals surface area contributed by atoms with Gasteiger partial charge in [-0.1, -0.05) is 0 Å². The average molecular weight is 396 g/mol. The molecule has 1 spiro atoms. The largest absolute Gasteiger partial charge is 0.390 e. The van der Waals surface area contributed by atoms with Crippen LogP contribution >= 0.6 is 0 Å². The number of hydrogen-bond acceptors (Lipinski definition) is 3. The Bertz CT molecular complexity index is 921. The summed E-state index contributed by atoms with van der Waals surface area (Å²) in [4.78, 5) is 19.7. The third-order valence-electron chi connectivity index (χ3n) is 7.69. The lowest BCUT2D eigenvalue weighted by Gasteiger charge is -2.55. The quantitative estimate of drug-likeness (QED) is 0.845. The van der Waals surface area contributed by atoms with E-state index in [4.69, 9.17) is 4.98 Å². The van der Waals surface area contributed by atoms with E-state index in [1.54, 1.807) is 0 Å². The molecule has 1 saturated heterocycles. The Labute approximate surface area is 173 Å². The number of nitrogens with zero attached hydrogens (tertiary/aromatic N) is 3. The maximum atomic E-state index is 12.6. The van der Waals surface area contributed by atoms with Crippen LogP contribution in [-0.2, 0) is 4.79 Å². The van der Waals surface area contributed by atoms with E-state index in [0.29, 0.717) is 30.2 Å². The smallest absolute Gasteiger partial charge is 0.225 e. The van der Waals surface area contributed by atoms with Crippen LogP contribution in [0.5, 0.6) is 0 Å². The topological polar surface area (TPSA) is 58.4 Å². The summed E-state index contributed by atoms with van der Waals surface area (Å²) in [7, 11) is 0. The third kappa shape index (κ3) is 3.27. The maximum absolute atomic E-state index is 12.6. The van der Waals surface area contributed by atoms with Gasteiger partial charge >= 0.3 is 0 Å². The van der Waals surface area contributed by atoms with E-state index in [0.717, 1.165) is 18.7 Å². The van der Waals surface area contributed by atoms with Crippen molar-refractivity contribution in [1.29, 1.82) is 0 Å². The van der Waals surface area contributed by atoms with Crippen LogP contribution < -0.4 is 0 Å². The van der Waals surface area contributed by atoms with Gasteiger partial charge in [0.05, 0.1) is 5.60 Å².